The number of aromatic nitrogens is 2. The molecule has 0 saturated carbocycles. The molecule has 0 aliphatic rings. The number of nitrogens with one attached hydrogen (secondary N) is 2. The molecule has 19 heavy (non-hydrogen) atoms. The summed E-state index contributed by atoms with van der Waals surface area (Å²) < 4.78 is 26.9. The maximum Gasteiger partial charge on any atom is 0.244 e. The predicted octanol–water partition coefficient (Wildman–Crippen LogP) is 2.41. The van der Waals surface area contributed by atoms with Crippen molar-refractivity contribution in [1.29, 1.82) is 0 Å². The number of H-pyrrole nitrogens is 1. The molecule has 0 saturated heterocycles. The van der Waals surface area contributed by atoms with Gasteiger partial charge >= 0.3 is 0 Å². The van der Waals surface area contributed by atoms with E-state index in [1.165, 1.54) is 6.20 Å². The lowest BCUT2D eigenvalue weighted by Crippen LogP contribution is -2.27. The smallest absolute Gasteiger partial charge is 0.244 e. The first-order valence-corrected chi connectivity index (χ1v) is 7.54. The average Bonchev–Trinajstić information content (AvgIpc) is 2.76. The van der Waals surface area contributed by atoms with E-state index in [4.69, 9.17) is 11.6 Å². The third-order valence-corrected chi connectivity index (χ3v) is 4.68. The fourth-order valence-electron chi connectivity index (χ4n) is 1.73. The largest absolute Gasteiger partial charge is 0.281 e. The highest BCUT2D eigenvalue weighted by atomic mass is 35.5. The van der Waals surface area contributed by atoms with Crippen molar-refractivity contribution in [2.45, 2.75) is 24.8 Å². The first-order valence-electron chi connectivity index (χ1n) is 5.68. The van der Waals surface area contributed by atoms with Gasteiger partial charge in [-0.3, -0.25) is 5.10 Å². The lowest BCUT2D eigenvalue weighted by atomic mass is 10.1. The second-order valence-electron chi connectivity index (χ2n) is 4.25. The van der Waals surface area contributed by atoms with Crippen molar-refractivity contribution in [2.75, 3.05) is 0 Å². The van der Waals surface area contributed by atoms with Crippen molar-refractivity contribution < 1.29 is 8.42 Å². The summed E-state index contributed by atoms with van der Waals surface area (Å²) in [6.07, 6.45) is 1.30. The SMILES string of the molecule is Cc1[nH]ncc1S(=O)(=O)NC(C)c1ccc(Cl)cc1. The minimum atomic E-state index is -3.58. The molecule has 0 aliphatic heterocycles. The molecule has 0 spiro atoms. The highest BCUT2D eigenvalue weighted by Gasteiger charge is 2.21. The van der Waals surface area contributed by atoms with Gasteiger partial charge in [-0.15, -0.1) is 0 Å². The van der Waals surface area contributed by atoms with Crippen molar-refractivity contribution >= 4 is 21.6 Å². The molecule has 1 unspecified atom stereocenters. The molecule has 0 radical (unpaired) electrons. The number of nitrogens with zero attached hydrogens (tertiary/aromatic N) is 1. The van der Waals surface area contributed by atoms with Crippen LogP contribution in [0.15, 0.2) is 35.4 Å². The average molecular weight is 300 g/mol. The van der Waals surface area contributed by atoms with Crippen molar-refractivity contribution in [1.82, 2.24) is 14.9 Å². The van der Waals surface area contributed by atoms with Crippen LogP contribution in [0.25, 0.3) is 0 Å². The van der Waals surface area contributed by atoms with Gasteiger partial charge in [0.2, 0.25) is 10.0 Å². The van der Waals surface area contributed by atoms with E-state index in [0.29, 0.717) is 10.7 Å². The lowest BCUT2D eigenvalue weighted by Gasteiger charge is -2.14. The van der Waals surface area contributed by atoms with Gasteiger partial charge in [0.25, 0.3) is 0 Å². The molecule has 1 heterocycles. The second-order valence-corrected chi connectivity index (χ2v) is 6.37. The fraction of sp³-hybridized carbons (Fsp3) is 0.250. The number of aryl methyl sites for hydroxylation is 1. The van der Waals surface area contributed by atoms with Crippen molar-refractivity contribution in [3.05, 3.63) is 46.7 Å². The molecule has 5 nitrogen and oxygen atoms in total. The number of benzene rings is 1. The molecule has 1 aromatic carbocycles. The van der Waals surface area contributed by atoms with E-state index in [0.717, 1.165) is 5.56 Å². The Morgan fingerprint density at radius 2 is 1.95 bits per heavy atom. The molecule has 1 atom stereocenters. The zero-order chi connectivity index (χ0) is 14.0. The first kappa shape index (κ1) is 14.0. The number of aromatic amines is 1. The molecule has 102 valence electrons. The van der Waals surface area contributed by atoms with Crippen molar-refractivity contribution in [2.24, 2.45) is 0 Å². The van der Waals surface area contributed by atoms with E-state index in [1.807, 2.05) is 0 Å². The van der Waals surface area contributed by atoms with E-state index in [9.17, 15) is 8.42 Å². The van der Waals surface area contributed by atoms with Gasteiger partial charge in [0.15, 0.2) is 0 Å². The summed E-state index contributed by atoms with van der Waals surface area (Å²) in [4.78, 5) is 0.160. The Bertz CT molecular complexity index is 665. The van der Waals surface area contributed by atoms with Crippen LogP contribution >= 0.6 is 11.6 Å². The summed E-state index contributed by atoms with van der Waals surface area (Å²) in [6.45, 7) is 3.44. The van der Waals surface area contributed by atoms with E-state index in [1.54, 1.807) is 38.1 Å². The predicted molar refractivity (Wildman–Crippen MR) is 73.5 cm³/mol. The molecule has 0 aliphatic carbocycles. The normalized spacial score (nSPS) is 13.4. The van der Waals surface area contributed by atoms with E-state index >= 15 is 0 Å². The Balaban J connectivity index is 2.21. The van der Waals surface area contributed by atoms with E-state index < -0.39 is 10.0 Å². The lowest BCUT2D eigenvalue weighted by molar-refractivity contribution is 0.566. The van der Waals surface area contributed by atoms with E-state index in [2.05, 4.69) is 14.9 Å². The van der Waals surface area contributed by atoms with Gasteiger partial charge < -0.3 is 0 Å². The molecule has 2 rings (SSSR count). The number of hydrogen-bond acceptors (Lipinski definition) is 3. The molecule has 0 amide bonds. The molecule has 7 heteroatoms. The van der Waals surface area contributed by atoms with Crippen molar-refractivity contribution in [3.63, 3.8) is 0 Å². The van der Waals surface area contributed by atoms with Crippen molar-refractivity contribution in [3.8, 4) is 0 Å². The third-order valence-electron chi connectivity index (χ3n) is 2.78. The second kappa shape index (κ2) is 5.32. The molecular formula is C12H14ClN3O2S. The Kier molecular flexibility index (Phi) is 3.93. The minimum Gasteiger partial charge on any atom is -0.281 e. The summed E-state index contributed by atoms with van der Waals surface area (Å²) in [5.41, 5.74) is 1.35. The standard InChI is InChI=1S/C12H14ClN3O2S/c1-8(10-3-5-11(13)6-4-10)16-19(17,18)12-7-14-15-9(12)2/h3-8,16H,1-2H3,(H,14,15). The Morgan fingerprint density at radius 3 is 2.47 bits per heavy atom. The molecule has 2 aromatic rings. The summed E-state index contributed by atoms with van der Waals surface area (Å²) in [5, 5.41) is 6.94. The van der Waals surface area contributed by atoms with Crippen LogP contribution in [0.1, 0.15) is 24.2 Å². The monoisotopic (exact) mass is 299 g/mol. The minimum absolute atomic E-state index is 0.160. The molecule has 0 fully saturated rings. The molecule has 0 bridgehead atoms. The van der Waals surface area contributed by atoms with Crippen LogP contribution in [0.3, 0.4) is 0 Å². The summed E-state index contributed by atoms with van der Waals surface area (Å²) >= 11 is 5.80. The van der Waals surface area contributed by atoms with Gasteiger partial charge in [0.05, 0.1) is 11.9 Å². The van der Waals surface area contributed by atoms with Gasteiger partial charge in [0.1, 0.15) is 4.90 Å². The number of sulfonamides is 1. The zero-order valence-corrected chi connectivity index (χ0v) is 12.1. The summed E-state index contributed by atoms with van der Waals surface area (Å²) in [6, 6.07) is 6.68. The third kappa shape index (κ3) is 3.15. The van der Waals surface area contributed by atoms with Crippen LogP contribution in [-0.2, 0) is 10.0 Å². The van der Waals surface area contributed by atoms with Gasteiger partial charge in [-0.05, 0) is 31.5 Å². The highest BCUT2D eigenvalue weighted by molar-refractivity contribution is 7.89. The van der Waals surface area contributed by atoms with Crippen LogP contribution < -0.4 is 4.72 Å². The van der Waals surface area contributed by atoms with E-state index in [-0.39, 0.29) is 10.9 Å². The van der Waals surface area contributed by atoms with Crippen LogP contribution in [0.4, 0.5) is 0 Å². The number of rotatable bonds is 4. The first-order chi connectivity index (χ1) is 8.90. The van der Waals surface area contributed by atoms with Crippen LogP contribution in [0.5, 0.6) is 0 Å². The van der Waals surface area contributed by atoms with Gasteiger partial charge in [-0.1, -0.05) is 23.7 Å². The van der Waals surface area contributed by atoms with Crippen LogP contribution in [0, 0.1) is 6.92 Å². The Labute approximate surface area is 117 Å². The molecular weight excluding hydrogens is 286 g/mol. The maximum absolute atomic E-state index is 12.2. The number of hydrogen-bond donors (Lipinski definition) is 2. The summed E-state index contributed by atoms with van der Waals surface area (Å²) in [7, 11) is -3.58. The highest BCUT2D eigenvalue weighted by Crippen LogP contribution is 2.19. The zero-order valence-electron chi connectivity index (χ0n) is 10.5. The quantitative estimate of drug-likeness (QED) is 0.910. The maximum atomic E-state index is 12.2. The Morgan fingerprint density at radius 1 is 1.32 bits per heavy atom. The topological polar surface area (TPSA) is 74.8 Å². The fourth-order valence-corrected chi connectivity index (χ4v) is 3.22. The van der Waals surface area contributed by atoms with Crippen LogP contribution in [0.2, 0.25) is 5.02 Å². The van der Waals surface area contributed by atoms with Gasteiger partial charge in [0, 0.05) is 11.1 Å². The van der Waals surface area contributed by atoms with Gasteiger partial charge in [-0.25, -0.2) is 13.1 Å². The Hall–Kier alpha value is -1.37. The molecule has 2 N–H and O–H groups in total. The summed E-state index contributed by atoms with van der Waals surface area (Å²) in [5.74, 6) is 0. The molecule has 1 aromatic heterocycles. The van der Waals surface area contributed by atoms with Gasteiger partial charge in [-0.2, -0.15) is 5.10 Å². The van der Waals surface area contributed by atoms with Crippen LogP contribution in [-0.4, -0.2) is 18.6 Å². The number of halogens is 1.